The highest BCUT2D eigenvalue weighted by Gasteiger charge is 2.54. The number of carbonyl (C=O) groups excluding carboxylic acids is 1. The Labute approximate surface area is 150 Å². The summed E-state index contributed by atoms with van der Waals surface area (Å²) in [5, 5.41) is 2.59. The van der Waals surface area contributed by atoms with Crippen LogP contribution in [0.1, 0.15) is 66.9 Å². The summed E-state index contributed by atoms with van der Waals surface area (Å²) in [6.07, 6.45) is 10.2. The summed E-state index contributed by atoms with van der Waals surface area (Å²) in [5.41, 5.74) is 3.64. The van der Waals surface area contributed by atoms with Crippen LogP contribution < -0.4 is 0 Å². The molecule has 1 fully saturated rings. The fourth-order valence-electron chi connectivity index (χ4n) is 5.71. The van der Waals surface area contributed by atoms with Gasteiger partial charge in [0.15, 0.2) is 5.78 Å². The van der Waals surface area contributed by atoms with Crippen LogP contribution in [-0.4, -0.2) is 5.78 Å². The zero-order chi connectivity index (χ0) is 17.2. The molecule has 4 atom stereocenters. The number of aryl methyl sites for hydroxylation is 1. The average molecular weight is 330 g/mol. The van der Waals surface area contributed by atoms with E-state index in [1.165, 1.54) is 28.3 Å². The van der Waals surface area contributed by atoms with E-state index in [2.05, 4.69) is 56.3 Å². The number of ketones is 1. The Bertz CT molecular complexity index is 906. The van der Waals surface area contributed by atoms with E-state index in [0.29, 0.717) is 23.5 Å². The maximum atomic E-state index is 13.5. The third-order valence-electron chi connectivity index (χ3n) is 7.33. The van der Waals surface area contributed by atoms with Gasteiger partial charge in [-0.2, -0.15) is 0 Å². The van der Waals surface area contributed by atoms with Gasteiger partial charge < -0.3 is 0 Å². The van der Waals surface area contributed by atoms with Gasteiger partial charge in [0.25, 0.3) is 0 Å². The van der Waals surface area contributed by atoms with Crippen LogP contribution in [0.25, 0.3) is 10.8 Å². The predicted molar refractivity (Wildman–Crippen MR) is 103 cm³/mol. The first-order valence-electron chi connectivity index (χ1n) is 9.91. The second kappa shape index (κ2) is 5.30. The molecular formula is C24H26O. The zero-order valence-corrected chi connectivity index (χ0v) is 15.2. The summed E-state index contributed by atoms with van der Waals surface area (Å²) in [5.74, 6) is 2.12. The van der Waals surface area contributed by atoms with Crippen LogP contribution >= 0.6 is 0 Å². The van der Waals surface area contributed by atoms with Gasteiger partial charge in [-0.05, 0) is 77.8 Å². The largest absolute Gasteiger partial charge is 0.294 e. The first-order valence-corrected chi connectivity index (χ1v) is 9.91. The zero-order valence-electron chi connectivity index (χ0n) is 15.2. The minimum absolute atomic E-state index is 0.0889. The lowest BCUT2D eigenvalue weighted by molar-refractivity contribution is 0.0703. The number of carbonyl (C=O) groups is 1. The van der Waals surface area contributed by atoms with E-state index in [4.69, 9.17) is 0 Å². The summed E-state index contributed by atoms with van der Waals surface area (Å²) in [6, 6.07) is 11.1. The summed E-state index contributed by atoms with van der Waals surface area (Å²) in [6.45, 7) is 4.55. The standard InChI is InChI=1S/C24H26O/c1-3-15(2)20-6-4-5-17-13-22-18(12-21(17)20)9-10-24(23(22)25)14-16-7-8-19(24)11-16/h4-8,12-13,15-16,19H,3,9-11,14H2,1-2H3. The Balaban J connectivity index is 1.64. The van der Waals surface area contributed by atoms with E-state index >= 15 is 0 Å². The lowest BCUT2D eigenvalue weighted by atomic mass is 9.63. The molecule has 0 heterocycles. The molecule has 3 aliphatic rings. The molecule has 4 unspecified atom stereocenters. The third kappa shape index (κ3) is 2.05. The van der Waals surface area contributed by atoms with E-state index < -0.39 is 0 Å². The van der Waals surface area contributed by atoms with Gasteiger partial charge in [0.2, 0.25) is 0 Å². The van der Waals surface area contributed by atoms with Crippen molar-refractivity contribution in [2.45, 2.75) is 51.9 Å². The maximum Gasteiger partial charge on any atom is 0.169 e. The van der Waals surface area contributed by atoms with Crippen molar-refractivity contribution >= 4 is 16.6 Å². The fourth-order valence-corrected chi connectivity index (χ4v) is 5.71. The van der Waals surface area contributed by atoms with Gasteiger partial charge in [0.1, 0.15) is 0 Å². The van der Waals surface area contributed by atoms with E-state index in [9.17, 15) is 4.79 Å². The van der Waals surface area contributed by atoms with Crippen molar-refractivity contribution in [1.29, 1.82) is 0 Å². The number of hydrogen-bond acceptors (Lipinski definition) is 1. The Hall–Kier alpha value is -1.89. The van der Waals surface area contributed by atoms with E-state index in [1.54, 1.807) is 0 Å². The Kier molecular flexibility index (Phi) is 3.26. The van der Waals surface area contributed by atoms with Crippen LogP contribution in [0.3, 0.4) is 0 Å². The molecule has 1 heteroatoms. The minimum Gasteiger partial charge on any atom is -0.294 e. The number of rotatable bonds is 2. The van der Waals surface area contributed by atoms with Crippen LogP contribution in [0, 0.1) is 17.3 Å². The highest BCUT2D eigenvalue weighted by molar-refractivity contribution is 6.06. The number of Topliss-reactive ketones (excluding diaryl/α,β-unsaturated/α-hetero) is 1. The molecule has 3 aliphatic carbocycles. The quantitative estimate of drug-likeness (QED) is 0.611. The highest BCUT2D eigenvalue weighted by atomic mass is 16.1. The molecule has 0 aliphatic heterocycles. The molecule has 0 amide bonds. The Morgan fingerprint density at radius 1 is 1.24 bits per heavy atom. The third-order valence-corrected chi connectivity index (χ3v) is 7.33. The maximum absolute atomic E-state index is 13.5. The fraction of sp³-hybridized carbons (Fsp3) is 0.458. The molecule has 5 rings (SSSR count). The molecule has 0 saturated heterocycles. The van der Waals surface area contributed by atoms with Crippen molar-refractivity contribution in [3.05, 3.63) is 59.2 Å². The Morgan fingerprint density at radius 3 is 2.84 bits per heavy atom. The monoisotopic (exact) mass is 330 g/mol. The van der Waals surface area contributed by atoms with Crippen LogP contribution in [0.2, 0.25) is 0 Å². The number of allylic oxidation sites excluding steroid dienone is 2. The summed E-state index contributed by atoms with van der Waals surface area (Å²) in [7, 11) is 0. The van der Waals surface area contributed by atoms with Crippen LogP contribution in [0.5, 0.6) is 0 Å². The first-order chi connectivity index (χ1) is 12.1. The van der Waals surface area contributed by atoms with Crippen molar-refractivity contribution in [2.75, 3.05) is 0 Å². The smallest absolute Gasteiger partial charge is 0.169 e. The van der Waals surface area contributed by atoms with Gasteiger partial charge in [0, 0.05) is 11.0 Å². The van der Waals surface area contributed by atoms with Crippen LogP contribution in [-0.2, 0) is 6.42 Å². The molecule has 25 heavy (non-hydrogen) atoms. The van der Waals surface area contributed by atoms with Gasteiger partial charge in [-0.1, -0.05) is 50.3 Å². The SMILES string of the molecule is CCC(C)c1cccc2cc3c(cc12)CCC1(CC2C=CC1C2)C3=O. The topological polar surface area (TPSA) is 17.1 Å². The van der Waals surface area contributed by atoms with Gasteiger partial charge in [-0.25, -0.2) is 0 Å². The van der Waals surface area contributed by atoms with Gasteiger partial charge >= 0.3 is 0 Å². The van der Waals surface area contributed by atoms with Crippen molar-refractivity contribution in [3.63, 3.8) is 0 Å². The average Bonchev–Trinajstić information content (AvgIpc) is 3.24. The van der Waals surface area contributed by atoms with E-state index in [0.717, 1.165) is 31.2 Å². The normalized spacial score (nSPS) is 31.0. The molecule has 2 bridgehead atoms. The summed E-state index contributed by atoms with van der Waals surface area (Å²) in [4.78, 5) is 13.5. The van der Waals surface area contributed by atoms with Crippen molar-refractivity contribution in [3.8, 4) is 0 Å². The molecule has 1 saturated carbocycles. The molecule has 2 aromatic rings. The molecule has 0 N–H and O–H groups in total. The number of benzene rings is 2. The van der Waals surface area contributed by atoms with Crippen molar-refractivity contribution < 1.29 is 4.79 Å². The second-order valence-electron chi connectivity index (χ2n) is 8.56. The summed E-state index contributed by atoms with van der Waals surface area (Å²) < 4.78 is 0. The molecule has 0 radical (unpaired) electrons. The molecule has 0 aromatic heterocycles. The molecule has 1 nitrogen and oxygen atoms in total. The second-order valence-corrected chi connectivity index (χ2v) is 8.56. The van der Waals surface area contributed by atoms with Crippen molar-refractivity contribution in [1.82, 2.24) is 0 Å². The number of hydrogen-bond donors (Lipinski definition) is 0. The molecule has 2 aromatic carbocycles. The van der Waals surface area contributed by atoms with Gasteiger partial charge in [-0.3, -0.25) is 4.79 Å². The molecule has 128 valence electrons. The predicted octanol–water partition coefficient (Wildman–Crippen LogP) is 6.06. The molecule has 1 spiro atoms. The van der Waals surface area contributed by atoms with E-state index in [-0.39, 0.29) is 5.41 Å². The number of fused-ring (bicyclic) bond motifs is 5. The van der Waals surface area contributed by atoms with Gasteiger partial charge in [-0.15, -0.1) is 0 Å². The van der Waals surface area contributed by atoms with Crippen LogP contribution in [0.15, 0.2) is 42.5 Å². The first kappa shape index (κ1) is 15.4. The lowest BCUT2D eigenvalue weighted by Gasteiger charge is -2.38. The lowest BCUT2D eigenvalue weighted by Crippen LogP contribution is -2.39. The van der Waals surface area contributed by atoms with Crippen LogP contribution in [0.4, 0.5) is 0 Å². The minimum atomic E-state index is -0.0889. The summed E-state index contributed by atoms with van der Waals surface area (Å²) >= 11 is 0. The van der Waals surface area contributed by atoms with Gasteiger partial charge in [0.05, 0.1) is 0 Å². The van der Waals surface area contributed by atoms with E-state index in [1.807, 2.05) is 0 Å². The Morgan fingerprint density at radius 2 is 2.12 bits per heavy atom. The highest BCUT2D eigenvalue weighted by Crippen LogP contribution is 2.57. The van der Waals surface area contributed by atoms with Crippen molar-refractivity contribution in [2.24, 2.45) is 17.3 Å². The molecular weight excluding hydrogens is 304 g/mol.